The Hall–Kier alpha value is -2.39. The summed E-state index contributed by atoms with van der Waals surface area (Å²) in [4.78, 5) is 4.41. The zero-order valence-corrected chi connectivity index (χ0v) is 12.9. The van der Waals surface area contributed by atoms with Crippen molar-refractivity contribution in [2.24, 2.45) is 0 Å². The van der Waals surface area contributed by atoms with E-state index in [4.69, 9.17) is 4.74 Å². The van der Waals surface area contributed by atoms with E-state index in [-0.39, 0.29) is 6.04 Å². The maximum absolute atomic E-state index is 5.29. The quantitative estimate of drug-likeness (QED) is 0.769. The van der Waals surface area contributed by atoms with E-state index in [1.54, 1.807) is 7.11 Å². The molecule has 0 saturated heterocycles. The van der Waals surface area contributed by atoms with Crippen molar-refractivity contribution in [3.05, 3.63) is 71.9 Å². The number of benzene rings is 2. The zero-order chi connectivity index (χ0) is 15.4. The highest BCUT2D eigenvalue weighted by Crippen LogP contribution is 2.20. The van der Waals surface area contributed by atoms with Crippen molar-refractivity contribution in [2.45, 2.75) is 19.5 Å². The molecule has 0 aliphatic carbocycles. The fourth-order valence-electron chi connectivity index (χ4n) is 2.60. The molecule has 3 aromatic rings. The molecule has 112 valence electrons. The van der Waals surface area contributed by atoms with Gasteiger partial charge in [-0.2, -0.15) is 0 Å². The molecule has 1 heterocycles. The predicted octanol–water partition coefficient (Wildman–Crippen LogP) is 4.09. The zero-order valence-electron chi connectivity index (χ0n) is 12.9. The molecule has 0 spiro atoms. The summed E-state index contributed by atoms with van der Waals surface area (Å²) in [5.41, 5.74) is 3.52. The number of fused-ring (bicyclic) bond motifs is 1. The molecular formula is C19H20N2O. The van der Waals surface area contributed by atoms with Gasteiger partial charge in [-0.15, -0.1) is 0 Å². The van der Waals surface area contributed by atoms with Crippen molar-refractivity contribution in [1.82, 2.24) is 10.3 Å². The molecule has 3 nitrogen and oxygen atoms in total. The summed E-state index contributed by atoms with van der Waals surface area (Å²) in [6.45, 7) is 2.97. The van der Waals surface area contributed by atoms with Gasteiger partial charge in [-0.1, -0.05) is 30.3 Å². The molecule has 0 radical (unpaired) electrons. The number of pyridine rings is 1. The second-order valence-corrected chi connectivity index (χ2v) is 5.37. The highest BCUT2D eigenvalue weighted by molar-refractivity contribution is 5.81. The normalized spacial score (nSPS) is 12.3. The van der Waals surface area contributed by atoms with Gasteiger partial charge in [0.2, 0.25) is 0 Å². The smallest absolute Gasteiger partial charge is 0.119 e. The Kier molecular flexibility index (Phi) is 4.35. The first kappa shape index (κ1) is 14.5. The highest BCUT2D eigenvalue weighted by Gasteiger charge is 2.07. The number of nitrogens with one attached hydrogen (secondary N) is 1. The number of nitrogens with zero attached hydrogens (tertiary/aromatic N) is 1. The number of ether oxygens (including phenoxy) is 1. The fraction of sp³-hybridized carbons (Fsp3) is 0.211. The number of aromatic nitrogens is 1. The van der Waals surface area contributed by atoms with Crippen LogP contribution in [0.15, 0.2) is 60.8 Å². The lowest BCUT2D eigenvalue weighted by molar-refractivity contribution is 0.413. The van der Waals surface area contributed by atoms with Gasteiger partial charge in [-0.25, -0.2) is 0 Å². The van der Waals surface area contributed by atoms with Gasteiger partial charge in [-0.05, 0) is 42.3 Å². The molecule has 0 amide bonds. The Bertz CT molecular complexity index is 765. The lowest BCUT2D eigenvalue weighted by atomic mass is 10.1. The van der Waals surface area contributed by atoms with Crippen LogP contribution in [0.4, 0.5) is 0 Å². The van der Waals surface area contributed by atoms with Gasteiger partial charge < -0.3 is 10.1 Å². The first-order valence-corrected chi connectivity index (χ1v) is 7.48. The topological polar surface area (TPSA) is 34.1 Å². The van der Waals surface area contributed by atoms with Crippen LogP contribution in [-0.2, 0) is 6.54 Å². The van der Waals surface area contributed by atoms with Crippen molar-refractivity contribution in [1.29, 1.82) is 0 Å². The Labute approximate surface area is 131 Å². The van der Waals surface area contributed by atoms with Crippen LogP contribution in [0.3, 0.4) is 0 Å². The van der Waals surface area contributed by atoms with Gasteiger partial charge in [0.1, 0.15) is 5.75 Å². The first-order chi connectivity index (χ1) is 10.8. The molecular weight excluding hydrogens is 272 g/mol. The second-order valence-electron chi connectivity index (χ2n) is 5.37. The van der Waals surface area contributed by atoms with Gasteiger partial charge in [0, 0.05) is 24.2 Å². The third-order valence-electron chi connectivity index (χ3n) is 3.93. The van der Waals surface area contributed by atoms with E-state index in [0.717, 1.165) is 17.8 Å². The Morgan fingerprint density at radius 3 is 2.82 bits per heavy atom. The molecule has 0 bridgehead atoms. The summed E-state index contributed by atoms with van der Waals surface area (Å²) in [5, 5.41) is 4.78. The summed E-state index contributed by atoms with van der Waals surface area (Å²) in [6.07, 6.45) is 1.87. The summed E-state index contributed by atoms with van der Waals surface area (Å²) in [6, 6.07) is 18.7. The van der Waals surface area contributed by atoms with Crippen molar-refractivity contribution < 1.29 is 4.74 Å². The predicted molar refractivity (Wildman–Crippen MR) is 90.0 cm³/mol. The van der Waals surface area contributed by atoms with E-state index >= 15 is 0 Å². The molecule has 1 aromatic heterocycles. The minimum atomic E-state index is 0.252. The van der Waals surface area contributed by atoms with Gasteiger partial charge >= 0.3 is 0 Å². The van der Waals surface area contributed by atoms with Crippen molar-refractivity contribution in [2.75, 3.05) is 7.11 Å². The van der Waals surface area contributed by atoms with Crippen LogP contribution >= 0.6 is 0 Å². The average Bonchev–Trinajstić information content (AvgIpc) is 2.59. The van der Waals surface area contributed by atoms with Crippen molar-refractivity contribution in [3.8, 4) is 5.75 Å². The van der Waals surface area contributed by atoms with Crippen molar-refractivity contribution >= 4 is 10.9 Å². The summed E-state index contributed by atoms with van der Waals surface area (Å²) in [7, 11) is 1.69. The van der Waals surface area contributed by atoms with Gasteiger partial charge in [0.15, 0.2) is 0 Å². The van der Waals surface area contributed by atoms with E-state index < -0.39 is 0 Å². The van der Waals surface area contributed by atoms with E-state index in [1.807, 2.05) is 30.5 Å². The van der Waals surface area contributed by atoms with Crippen LogP contribution < -0.4 is 10.1 Å². The summed E-state index contributed by atoms with van der Waals surface area (Å²) < 4.78 is 5.29. The lowest BCUT2D eigenvalue weighted by Crippen LogP contribution is -2.18. The molecule has 2 aromatic carbocycles. The number of para-hydroxylation sites is 1. The van der Waals surface area contributed by atoms with E-state index in [2.05, 4.69) is 47.6 Å². The van der Waals surface area contributed by atoms with Crippen molar-refractivity contribution in [3.63, 3.8) is 0 Å². The molecule has 0 aliphatic heterocycles. The Morgan fingerprint density at radius 1 is 1.09 bits per heavy atom. The third-order valence-corrected chi connectivity index (χ3v) is 3.93. The maximum atomic E-state index is 5.29. The van der Waals surface area contributed by atoms with Crippen LogP contribution in [0.5, 0.6) is 5.75 Å². The largest absolute Gasteiger partial charge is 0.497 e. The van der Waals surface area contributed by atoms with Crippen LogP contribution in [0.1, 0.15) is 24.1 Å². The van der Waals surface area contributed by atoms with Crippen LogP contribution in [0.2, 0.25) is 0 Å². The van der Waals surface area contributed by atoms with Gasteiger partial charge in [0.05, 0.1) is 12.6 Å². The van der Waals surface area contributed by atoms with Gasteiger partial charge in [0.25, 0.3) is 0 Å². The molecule has 3 rings (SSSR count). The molecule has 3 heteroatoms. The van der Waals surface area contributed by atoms with Gasteiger partial charge in [-0.3, -0.25) is 4.98 Å². The average molecular weight is 292 g/mol. The Morgan fingerprint density at radius 2 is 1.95 bits per heavy atom. The molecule has 22 heavy (non-hydrogen) atoms. The summed E-state index contributed by atoms with van der Waals surface area (Å²) in [5.74, 6) is 0.889. The first-order valence-electron chi connectivity index (χ1n) is 7.48. The lowest BCUT2D eigenvalue weighted by Gasteiger charge is -2.16. The van der Waals surface area contributed by atoms with E-state index in [0.29, 0.717) is 0 Å². The van der Waals surface area contributed by atoms with Crippen LogP contribution in [-0.4, -0.2) is 12.1 Å². The van der Waals surface area contributed by atoms with E-state index in [1.165, 1.54) is 16.5 Å². The fourth-order valence-corrected chi connectivity index (χ4v) is 2.60. The molecule has 0 aliphatic rings. The van der Waals surface area contributed by atoms with Crippen LogP contribution in [0, 0.1) is 0 Å². The minimum absolute atomic E-state index is 0.252. The highest BCUT2D eigenvalue weighted by atomic mass is 16.5. The standard InChI is InChI=1S/C19H20N2O/c1-14(15-6-5-7-17(12-15)22-2)21-13-16-10-11-20-19-9-4-3-8-18(16)19/h3-12,14,21H,13H2,1-2H3. The monoisotopic (exact) mass is 292 g/mol. The van der Waals surface area contributed by atoms with E-state index in [9.17, 15) is 0 Å². The molecule has 0 fully saturated rings. The Balaban J connectivity index is 1.76. The summed E-state index contributed by atoms with van der Waals surface area (Å²) >= 11 is 0. The SMILES string of the molecule is COc1cccc(C(C)NCc2ccnc3ccccc23)c1. The third kappa shape index (κ3) is 3.10. The minimum Gasteiger partial charge on any atom is -0.497 e. The molecule has 1 atom stereocenters. The second kappa shape index (κ2) is 6.58. The maximum Gasteiger partial charge on any atom is 0.119 e. The number of methoxy groups -OCH3 is 1. The van der Waals surface area contributed by atoms with Crippen LogP contribution in [0.25, 0.3) is 10.9 Å². The molecule has 1 unspecified atom stereocenters. The number of rotatable bonds is 5. The molecule has 1 N–H and O–H groups in total. The number of hydrogen-bond donors (Lipinski definition) is 1. The molecule has 0 saturated carbocycles. The number of hydrogen-bond acceptors (Lipinski definition) is 3.